The monoisotopic (exact) mass is 627 g/mol. The zero-order chi connectivity index (χ0) is 32.3. The molecule has 0 aliphatic rings. The maximum absolute atomic E-state index is 15.0. The van der Waals surface area contributed by atoms with E-state index in [1.165, 1.54) is 12.1 Å². The minimum Gasteiger partial charge on any atom is -0.429 e. The van der Waals surface area contributed by atoms with E-state index in [2.05, 4.69) is 16.6 Å². The van der Waals surface area contributed by atoms with Gasteiger partial charge in [0, 0.05) is 29.0 Å². The maximum Gasteiger partial charge on any atom is 0.429 e. The first-order chi connectivity index (χ1) is 21.5. The normalized spacial score (nSPS) is 11.6. The van der Waals surface area contributed by atoms with Crippen LogP contribution in [-0.4, -0.2) is 4.98 Å². The summed E-state index contributed by atoms with van der Waals surface area (Å²) in [4.78, 5) is 4.31. The Balaban J connectivity index is 1.32. The Labute approximate surface area is 254 Å². The van der Waals surface area contributed by atoms with Gasteiger partial charge in [0.1, 0.15) is 23.2 Å². The molecule has 0 atom stereocenters. The number of halogens is 8. The number of benzene rings is 4. The second-order valence-corrected chi connectivity index (χ2v) is 10.4. The van der Waals surface area contributed by atoms with Crippen molar-refractivity contribution in [3.05, 3.63) is 131 Å². The third-order valence-electron chi connectivity index (χ3n) is 7.23. The lowest BCUT2D eigenvalue weighted by molar-refractivity contribution is -0.187. The molecule has 0 aliphatic carbocycles. The van der Waals surface area contributed by atoms with E-state index < -0.39 is 52.3 Å². The molecular formula is C35H25F8NO. The number of rotatable bonds is 10. The van der Waals surface area contributed by atoms with Crippen LogP contribution in [0.25, 0.3) is 33.5 Å². The van der Waals surface area contributed by atoms with Crippen LogP contribution in [0.15, 0.2) is 85.1 Å². The number of pyridine rings is 1. The van der Waals surface area contributed by atoms with Gasteiger partial charge in [0.05, 0.1) is 11.3 Å². The van der Waals surface area contributed by atoms with Crippen LogP contribution < -0.4 is 4.74 Å². The van der Waals surface area contributed by atoms with Crippen molar-refractivity contribution in [3.8, 4) is 39.3 Å². The number of aromatic nitrogens is 1. The quantitative estimate of drug-likeness (QED) is 0.0873. The Morgan fingerprint density at radius 3 is 1.87 bits per heavy atom. The summed E-state index contributed by atoms with van der Waals surface area (Å²) >= 11 is 0. The first kappa shape index (κ1) is 31.7. The smallest absolute Gasteiger partial charge is 0.429 e. The van der Waals surface area contributed by atoms with Crippen LogP contribution in [0.4, 0.5) is 35.1 Å². The van der Waals surface area contributed by atoms with Crippen molar-refractivity contribution < 1.29 is 39.9 Å². The number of hydrogen-bond acceptors (Lipinski definition) is 2. The average molecular weight is 628 g/mol. The van der Waals surface area contributed by atoms with Gasteiger partial charge in [-0.2, -0.15) is 8.78 Å². The molecule has 1 aromatic heterocycles. The number of unbranched alkanes of at least 4 members (excludes halogenated alkanes) is 2. The van der Waals surface area contributed by atoms with Gasteiger partial charge in [-0.3, -0.25) is 4.98 Å². The molecule has 0 saturated carbocycles. The molecule has 0 amide bonds. The number of alkyl halides is 2. The fraction of sp³-hybridized carbons (Fsp3) is 0.171. The Kier molecular flexibility index (Phi) is 9.22. The third kappa shape index (κ3) is 7.00. The molecule has 0 unspecified atom stereocenters. The summed E-state index contributed by atoms with van der Waals surface area (Å²) < 4.78 is 120. The van der Waals surface area contributed by atoms with Crippen molar-refractivity contribution in [3.63, 3.8) is 0 Å². The highest BCUT2D eigenvalue weighted by Crippen LogP contribution is 2.37. The summed E-state index contributed by atoms with van der Waals surface area (Å²) in [6.45, 7) is 2.10. The van der Waals surface area contributed by atoms with Crippen molar-refractivity contribution in [2.75, 3.05) is 0 Å². The van der Waals surface area contributed by atoms with Gasteiger partial charge in [0.25, 0.3) is 0 Å². The SMILES string of the molecule is CCCCCc1ccc(-c2ccc(C(F)(F)Oc3ccc(-c4ccc(-c5cc(F)c(F)c(F)c5)c(F)c4)c(F)c3)c(F)c2)nc1. The van der Waals surface area contributed by atoms with Gasteiger partial charge >= 0.3 is 6.11 Å². The predicted octanol–water partition coefficient (Wildman–Crippen LogP) is 10.8. The van der Waals surface area contributed by atoms with Crippen LogP contribution in [-0.2, 0) is 12.5 Å². The fourth-order valence-corrected chi connectivity index (χ4v) is 4.86. The average Bonchev–Trinajstić information content (AvgIpc) is 3.00. The predicted molar refractivity (Wildman–Crippen MR) is 154 cm³/mol. The Bertz CT molecular complexity index is 1820. The topological polar surface area (TPSA) is 22.1 Å². The van der Waals surface area contributed by atoms with E-state index in [-0.39, 0.29) is 27.8 Å². The molecule has 5 aromatic rings. The molecule has 0 bridgehead atoms. The lowest BCUT2D eigenvalue weighted by Crippen LogP contribution is -2.23. The third-order valence-corrected chi connectivity index (χ3v) is 7.23. The number of nitrogens with zero attached hydrogens (tertiary/aromatic N) is 1. The van der Waals surface area contributed by atoms with Crippen LogP contribution in [0.2, 0.25) is 0 Å². The Morgan fingerprint density at radius 1 is 0.622 bits per heavy atom. The van der Waals surface area contributed by atoms with Crippen molar-refractivity contribution in [2.45, 2.75) is 38.7 Å². The van der Waals surface area contributed by atoms with Gasteiger partial charge in [0.15, 0.2) is 17.5 Å². The molecule has 0 spiro atoms. The molecular weight excluding hydrogens is 602 g/mol. The van der Waals surface area contributed by atoms with Gasteiger partial charge in [-0.25, -0.2) is 26.3 Å². The van der Waals surface area contributed by atoms with E-state index in [0.29, 0.717) is 23.9 Å². The summed E-state index contributed by atoms with van der Waals surface area (Å²) in [6, 6.07) is 13.8. The van der Waals surface area contributed by atoms with Gasteiger partial charge in [-0.1, -0.05) is 44.0 Å². The van der Waals surface area contributed by atoms with Crippen LogP contribution in [0.1, 0.15) is 37.3 Å². The molecule has 4 aromatic carbocycles. The number of aryl methyl sites for hydroxylation is 1. The van der Waals surface area contributed by atoms with Crippen molar-refractivity contribution >= 4 is 0 Å². The molecule has 232 valence electrons. The molecule has 45 heavy (non-hydrogen) atoms. The summed E-state index contributed by atoms with van der Waals surface area (Å²) in [5.74, 6) is -8.67. The minimum atomic E-state index is -4.18. The van der Waals surface area contributed by atoms with Crippen LogP contribution in [0, 0.1) is 34.9 Å². The molecule has 0 fully saturated rings. The number of hydrogen-bond donors (Lipinski definition) is 0. The summed E-state index contributed by atoms with van der Waals surface area (Å²) in [5.41, 5.74) is -0.153. The van der Waals surface area contributed by atoms with Crippen LogP contribution in [0.5, 0.6) is 5.75 Å². The standard InChI is InChI=1S/C35H25F8NO/c1-2-3-4-5-20-6-13-33(44-19-20)22-8-12-27(30(38)15-22)35(42,43)45-24-9-11-25(29(37)18-24)21-7-10-26(28(36)14-21)23-16-31(39)34(41)32(40)17-23/h6-19H,2-5H2,1H3. The largest absolute Gasteiger partial charge is 0.429 e. The van der Waals surface area contributed by atoms with Crippen molar-refractivity contribution in [2.24, 2.45) is 0 Å². The Hall–Kier alpha value is -4.73. The van der Waals surface area contributed by atoms with E-state index in [4.69, 9.17) is 0 Å². The molecule has 0 radical (unpaired) electrons. The molecule has 2 nitrogen and oxygen atoms in total. The molecule has 0 saturated heterocycles. The van der Waals surface area contributed by atoms with E-state index in [1.54, 1.807) is 12.3 Å². The van der Waals surface area contributed by atoms with Crippen LogP contribution in [0.3, 0.4) is 0 Å². The minimum absolute atomic E-state index is 0.0284. The number of ether oxygens (including phenoxy) is 1. The van der Waals surface area contributed by atoms with E-state index in [0.717, 1.165) is 67.6 Å². The molecule has 0 aliphatic heterocycles. The first-order valence-corrected chi connectivity index (χ1v) is 14.0. The van der Waals surface area contributed by atoms with Gasteiger partial charge in [0.2, 0.25) is 0 Å². The van der Waals surface area contributed by atoms with Crippen molar-refractivity contribution in [1.82, 2.24) is 4.98 Å². The van der Waals surface area contributed by atoms with Crippen molar-refractivity contribution in [1.29, 1.82) is 0 Å². The highest BCUT2D eigenvalue weighted by atomic mass is 19.3. The summed E-state index contributed by atoms with van der Waals surface area (Å²) in [7, 11) is 0. The fourth-order valence-electron chi connectivity index (χ4n) is 4.86. The van der Waals surface area contributed by atoms with E-state index in [9.17, 15) is 26.3 Å². The highest BCUT2D eigenvalue weighted by Gasteiger charge is 2.38. The van der Waals surface area contributed by atoms with E-state index >= 15 is 8.78 Å². The second kappa shape index (κ2) is 13.1. The maximum atomic E-state index is 15.0. The second-order valence-electron chi connectivity index (χ2n) is 10.4. The van der Waals surface area contributed by atoms with Gasteiger partial charge in [-0.15, -0.1) is 0 Å². The van der Waals surface area contributed by atoms with Gasteiger partial charge < -0.3 is 4.74 Å². The molecule has 0 N–H and O–H groups in total. The zero-order valence-electron chi connectivity index (χ0n) is 23.8. The molecule has 1 heterocycles. The Morgan fingerprint density at radius 2 is 1.24 bits per heavy atom. The molecule has 10 heteroatoms. The summed E-state index contributed by atoms with van der Waals surface area (Å²) in [5, 5.41) is 0. The van der Waals surface area contributed by atoms with Gasteiger partial charge in [-0.05, 0) is 78.1 Å². The lowest BCUT2D eigenvalue weighted by atomic mass is 9.99. The lowest BCUT2D eigenvalue weighted by Gasteiger charge is -2.19. The highest BCUT2D eigenvalue weighted by molar-refractivity contribution is 5.72. The zero-order valence-corrected chi connectivity index (χ0v) is 23.8. The summed E-state index contributed by atoms with van der Waals surface area (Å²) in [6.07, 6.45) is 1.52. The molecule has 5 rings (SSSR count). The first-order valence-electron chi connectivity index (χ1n) is 14.0. The van der Waals surface area contributed by atoms with Crippen LogP contribution >= 0.6 is 0 Å². The van der Waals surface area contributed by atoms with E-state index in [1.807, 2.05) is 6.07 Å².